The molecule has 0 aliphatic carbocycles. The quantitative estimate of drug-likeness (QED) is 0.747. The number of carbonyl (C=O) groups is 1. The summed E-state index contributed by atoms with van der Waals surface area (Å²) in [5.41, 5.74) is 1.14. The van der Waals surface area contributed by atoms with Crippen LogP contribution in [0.1, 0.15) is 26.3 Å². The third-order valence-electron chi connectivity index (χ3n) is 3.29. The molecule has 0 radical (unpaired) electrons. The molecule has 0 atom stereocenters. The van der Waals surface area contributed by atoms with Gasteiger partial charge in [0.1, 0.15) is 0 Å². The maximum atomic E-state index is 13.5. The van der Waals surface area contributed by atoms with E-state index in [0.29, 0.717) is 5.69 Å². The number of halogens is 3. The van der Waals surface area contributed by atoms with Gasteiger partial charge < -0.3 is 10.6 Å². The molecule has 0 unspecified atom stereocenters. The minimum absolute atomic E-state index is 0.0183. The summed E-state index contributed by atoms with van der Waals surface area (Å²) in [6.07, 6.45) is 0. The van der Waals surface area contributed by atoms with Crippen LogP contribution in [-0.2, 0) is 5.41 Å². The zero-order chi connectivity index (χ0) is 17.2. The lowest BCUT2D eigenvalue weighted by atomic mass is 9.87. The lowest BCUT2D eigenvalue weighted by Crippen LogP contribution is -2.20. The van der Waals surface area contributed by atoms with Crippen LogP contribution in [0.15, 0.2) is 36.4 Å². The lowest BCUT2D eigenvalue weighted by Gasteiger charge is -2.19. The van der Waals surface area contributed by atoms with Crippen LogP contribution in [0.3, 0.4) is 0 Å². The maximum Gasteiger partial charge on any atom is 0.323 e. The highest BCUT2D eigenvalue weighted by atomic mass is 19.2. The number of hydrogen-bond acceptors (Lipinski definition) is 1. The number of hydrogen-bond donors (Lipinski definition) is 2. The molecule has 0 spiro atoms. The summed E-state index contributed by atoms with van der Waals surface area (Å²) < 4.78 is 39.4. The zero-order valence-corrected chi connectivity index (χ0v) is 13.0. The van der Waals surface area contributed by atoms with Gasteiger partial charge in [0.25, 0.3) is 0 Å². The molecule has 0 saturated heterocycles. The summed E-state index contributed by atoms with van der Waals surface area (Å²) in [7, 11) is 0. The van der Waals surface area contributed by atoms with Gasteiger partial charge >= 0.3 is 6.03 Å². The SMILES string of the molecule is CC(C)(C)c1ccc(NC(=O)Nc2ccc(F)c(F)c2F)cc1. The van der Waals surface area contributed by atoms with Gasteiger partial charge in [-0.25, -0.2) is 18.0 Å². The Bertz CT molecular complexity index is 722. The highest BCUT2D eigenvalue weighted by Gasteiger charge is 2.16. The molecule has 0 aromatic heterocycles. The van der Waals surface area contributed by atoms with Gasteiger partial charge in [0.2, 0.25) is 0 Å². The molecule has 0 bridgehead atoms. The summed E-state index contributed by atoms with van der Waals surface area (Å²) in [5, 5.41) is 4.64. The van der Waals surface area contributed by atoms with E-state index in [4.69, 9.17) is 0 Å². The Morgan fingerprint density at radius 1 is 0.870 bits per heavy atom. The molecule has 0 saturated carbocycles. The Labute approximate surface area is 132 Å². The van der Waals surface area contributed by atoms with Gasteiger partial charge in [0.05, 0.1) is 5.69 Å². The van der Waals surface area contributed by atoms with Crippen molar-refractivity contribution in [3.63, 3.8) is 0 Å². The normalized spacial score (nSPS) is 11.2. The van der Waals surface area contributed by atoms with E-state index < -0.39 is 29.2 Å². The molecule has 0 aliphatic heterocycles. The average molecular weight is 322 g/mol. The van der Waals surface area contributed by atoms with Gasteiger partial charge in [0, 0.05) is 5.69 Å². The lowest BCUT2D eigenvalue weighted by molar-refractivity contribution is 0.262. The van der Waals surface area contributed by atoms with E-state index in [0.717, 1.165) is 17.7 Å². The molecule has 2 amide bonds. The van der Waals surface area contributed by atoms with Gasteiger partial charge in [-0.1, -0.05) is 32.9 Å². The number of anilines is 2. The third kappa shape index (κ3) is 4.03. The van der Waals surface area contributed by atoms with Crippen molar-refractivity contribution in [3.8, 4) is 0 Å². The predicted molar refractivity (Wildman–Crippen MR) is 84.1 cm³/mol. The Hall–Kier alpha value is -2.50. The van der Waals surface area contributed by atoms with Crippen molar-refractivity contribution in [2.75, 3.05) is 10.6 Å². The first-order valence-corrected chi connectivity index (χ1v) is 7.00. The van der Waals surface area contributed by atoms with Crippen LogP contribution in [0.5, 0.6) is 0 Å². The monoisotopic (exact) mass is 322 g/mol. The van der Waals surface area contributed by atoms with Crippen LogP contribution >= 0.6 is 0 Å². The van der Waals surface area contributed by atoms with Crippen LogP contribution < -0.4 is 10.6 Å². The average Bonchev–Trinajstić information content (AvgIpc) is 2.47. The fraction of sp³-hybridized carbons (Fsp3) is 0.235. The molecule has 2 aromatic carbocycles. The Balaban J connectivity index is 2.07. The van der Waals surface area contributed by atoms with Gasteiger partial charge in [-0.3, -0.25) is 0 Å². The van der Waals surface area contributed by atoms with E-state index in [-0.39, 0.29) is 5.41 Å². The van der Waals surface area contributed by atoms with Crippen molar-refractivity contribution in [2.24, 2.45) is 0 Å². The minimum atomic E-state index is -1.63. The number of nitrogens with one attached hydrogen (secondary N) is 2. The summed E-state index contributed by atoms with van der Waals surface area (Å²) in [5.74, 6) is -4.38. The van der Waals surface area contributed by atoms with Crippen LogP contribution in [0.2, 0.25) is 0 Å². The number of rotatable bonds is 2. The second-order valence-corrected chi connectivity index (χ2v) is 6.13. The second-order valence-electron chi connectivity index (χ2n) is 6.13. The van der Waals surface area contributed by atoms with E-state index in [1.54, 1.807) is 12.1 Å². The van der Waals surface area contributed by atoms with Crippen molar-refractivity contribution >= 4 is 17.4 Å². The highest BCUT2D eigenvalue weighted by molar-refractivity contribution is 5.99. The van der Waals surface area contributed by atoms with Gasteiger partial charge in [-0.15, -0.1) is 0 Å². The number of amides is 2. The topological polar surface area (TPSA) is 41.1 Å². The standard InChI is InChI=1S/C17H17F3N2O/c1-17(2,3)10-4-6-11(7-5-10)21-16(23)22-13-9-8-12(18)14(19)15(13)20/h4-9H,1-3H3,(H2,21,22,23). The largest absolute Gasteiger partial charge is 0.323 e. The highest BCUT2D eigenvalue weighted by Crippen LogP contribution is 2.24. The van der Waals surface area contributed by atoms with Crippen LogP contribution in [0.4, 0.5) is 29.3 Å². The molecule has 0 heterocycles. The van der Waals surface area contributed by atoms with Crippen LogP contribution in [0, 0.1) is 17.5 Å². The van der Waals surface area contributed by atoms with Gasteiger partial charge in [-0.2, -0.15) is 0 Å². The minimum Gasteiger partial charge on any atom is -0.308 e. The molecule has 0 aliphatic rings. The summed E-state index contributed by atoms with van der Waals surface area (Å²) in [4.78, 5) is 11.8. The maximum absolute atomic E-state index is 13.5. The molecule has 2 N–H and O–H groups in total. The molecule has 122 valence electrons. The van der Waals surface area contributed by atoms with Crippen molar-refractivity contribution in [1.29, 1.82) is 0 Å². The van der Waals surface area contributed by atoms with E-state index >= 15 is 0 Å². The molecule has 2 rings (SSSR count). The second kappa shape index (κ2) is 6.32. The molecule has 3 nitrogen and oxygen atoms in total. The Morgan fingerprint density at radius 2 is 1.48 bits per heavy atom. The summed E-state index contributed by atoms with van der Waals surface area (Å²) in [6.45, 7) is 6.19. The molecular weight excluding hydrogens is 305 g/mol. The van der Waals surface area contributed by atoms with E-state index in [2.05, 4.69) is 31.4 Å². The van der Waals surface area contributed by atoms with Crippen LogP contribution in [0.25, 0.3) is 0 Å². The van der Waals surface area contributed by atoms with Crippen molar-refractivity contribution in [3.05, 3.63) is 59.4 Å². The number of urea groups is 1. The first kappa shape index (κ1) is 16.9. The van der Waals surface area contributed by atoms with Gasteiger partial charge in [0.15, 0.2) is 17.5 Å². The summed E-state index contributed by atoms with van der Waals surface area (Å²) in [6, 6.07) is 8.10. The first-order valence-electron chi connectivity index (χ1n) is 7.00. The molecular formula is C17H17F3N2O. The van der Waals surface area contributed by atoms with Crippen molar-refractivity contribution < 1.29 is 18.0 Å². The van der Waals surface area contributed by atoms with Crippen molar-refractivity contribution in [2.45, 2.75) is 26.2 Å². The molecule has 23 heavy (non-hydrogen) atoms. The fourth-order valence-corrected chi connectivity index (χ4v) is 1.96. The number of carbonyl (C=O) groups excluding carboxylic acids is 1. The summed E-state index contributed by atoms with van der Waals surface area (Å²) >= 11 is 0. The number of benzene rings is 2. The van der Waals surface area contributed by atoms with E-state index in [9.17, 15) is 18.0 Å². The molecule has 6 heteroatoms. The molecule has 2 aromatic rings. The fourth-order valence-electron chi connectivity index (χ4n) is 1.96. The van der Waals surface area contributed by atoms with Gasteiger partial charge in [-0.05, 0) is 35.2 Å². The predicted octanol–water partition coefficient (Wildman–Crippen LogP) is 5.05. The Morgan fingerprint density at radius 3 is 2.04 bits per heavy atom. The van der Waals surface area contributed by atoms with E-state index in [1.165, 1.54) is 0 Å². The van der Waals surface area contributed by atoms with Crippen molar-refractivity contribution in [1.82, 2.24) is 0 Å². The van der Waals surface area contributed by atoms with E-state index in [1.807, 2.05) is 12.1 Å². The third-order valence-corrected chi connectivity index (χ3v) is 3.29. The first-order chi connectivity index (χ1) is 10.7. The molecule has 0 fully saturated rings. The van der Waals surface area contributed by atoms with Crippen LogP contribution in [-0.4, -0.2) is 6.03 Å². The zero-order valence-electron chi connectivity index (χ0n) is 13.0. The Kier molecular flexibility index (Phi) is 4.63. The smallest absolute Gasteiger partial charge is 0.308 e.